The summed E-state index contributed by atoms with van der Waals surface area (Å²) in [7, 11) is 1.71. The Morgan fingerprint density at radius 3 is 2.42 bits per heavy atom. The van der Waals surface area contributed by atoms with Crippen molar-refractivity contribution in [3.8, 4) is 0 Å². The molecule has 1 aliphatic rings. The monoisotopic (exact) mass is 228 g/mol. The number of halogens is 1. The summed E-state index contributed by atoms with van der Waals surface area (Å²) in [5.41, 5.74) is -0.166. The third kappa shape index (κ3) is 1.25. The van der Waals surface area contributed by atoms with Gasteiger partial charge in [-0.15, -0.1) is 0 Å². The van der Waals surface area contributed by atoms with E-state index in [1.165, 1.54) is 0 Å². The van der Waals surface area contributed by atoms with Crippen LogP contribution < -0.4 is 0 Å². The predicted octanol–water partition coefficient (Wildman–Crippen LogP) is 1.87. The highest BCUT2D eigenvalue weighted by Gasteiger charge is 2.47. The predicted molar refractivity (Wildman–Crippen MR) is 47.7 cm³/mol. The number of rotatable bonds is 2. The molecule has 4 heteroatoms. The fourth-order valence-electron chi connectivity index (χ4n) is 1.18. The molecule has 0 saturated heterocycles. The van der Waals surface area contributed by atoms with Crippen molar-refractivity contribution >= 4 is 15.9 Å². The highest BCUT2D eigenvalue weighted by Crippen LogP contribution is 2.46. The summed E-state index contributed by atoms with van der Waals surface area (Å²) in [6, 6.07) is 0. The van der Waals surface area contributed by atoms with E-state index in [1.807, 2.05) is 0 Å². The molecule has 64 valence electrons. The van der Waals surface area contributed by atoms with Crippen LogP contribution in [0.25, 0.3) is 0 Å². The topological polar surface area (TPSA) is 35.0 Å². The van der Waals surface area contributed by atoms with E-state index in [4.69, 9.17) is 4.74 Å². The van der Waals surface area contributed by atoms with Gasteiger partial charge in [-0.2, -0.15) is 0 Å². The normalized spacial score (nSPS) is 19.2. The number of hydrogen-bond acceptors (Lipinski definition) is 3. The van der Waals surface area contributed by atoms with Gasteiger partial charge in [-0.3, -0.25) is 0 Å². The minimum absolute atomic E-state index is 0.166. The molecule has 1 fully saturated rings. The van der Waals surface area contributed by atoms with Crippen molar-refractivity contribution in [3.63, 3.8) is 0 Å². The van der Waals surface area contributed by atoms with Crippen LogP contribution in [-0.4, -0.2) is 17.1 Å². The lowest BCUT2D eigenvalue weighted by atomic mass is 10.3. The molecule has 3 nitrogen and oxygen atoms in total. The second-order valence-corrected chi connectivity index (χ2v) is 3.84. The molecule has 0 N–H and O–H groups in total. The molecule has 0 spiro atoms. The zero-order chi connectivity index (χ0) is 8.60. The fourth-order valence-corrected chi connectivity index (χ4v) is 1.38. The molecular weight excluding hydrogens is 220 g/mol. The molecule has 2 rings (SSSR count). The first-order valence-corrected chi connectivity index (χ1v) is 4.59. The summed E-state index contributed by atoms with van der Waals surface area (Å²) in [6.45, 7) is 0. The van der Waals surface area contributed by atoms with E-state index in [1.54, 1.807) is 19.5 Å². The highest BCUT2D eigenvalue weighted by molar-refractivity contribution is 9.10. The van der Waals surface area contributed by atoms with E-state index >= 15 is 0 Å². The van der Waals surface area contributed by atoms with E-state index in [9.17, 15) is 0 Å². The first kappa shape index (κ1) is 8.13. The van der Waals surface area contributed by atoms with Gasteiger partial charge in [-0.05, 0) is 28.8 Å². The fraction of sp³-hybridized carbons (Fsp3) is 0.500. The molecule has 0 bridgehead atoms. The molecule has 1 heterocycles. The minimum atomic E-state index is -0.166. The zero-order valence-electron chi connectivity index (χ0n) is 6.75. The maximum absolute atomic E-state index is 5.33. The van der Waals surface area contributed by atoms with Crippen molar-refractivity contribution in [1.82, 2.24) is 9.97 Å². The summed E-state index contributed by atoms with van der Waals surface area (Å²) in [5.74, 6) is 0.799. The molecule has 0 amide bonds. The van der Waals surface area contributed by atoms with Crippen LogP contribution in [0.15, 0.2) is 16.9 Å². The Morgan fingerprint density at radius 2 is 2.00 bits per heavy atom. The zero-order valence-corrected chi connectivity index (χ0v) is 8.34. The van der Waals surface area contributed by atoms with Crippen molar-refractivity contribution in [2.75, 3.05) is 7.11 Å². The van der Waals surface area contributed by atoms with Crippen molar-refractivity contribution in [2.24, 2.45) is 0 Å². The molecular formula is C8H9BrN2O. The molecule has 1 aromatic rings. The smallest absolute Gasteiger partial charge is 0.160 e. The minimum Gasteiger partial charge on any atom is -0.370 e. The van der Waals surface area contributed by atoms with Crippen LogP contribution in [0, 0.1) is 0 Å². The van der Waals surface area contributed by atoms with Crippen molar-refractivity contribution in [1.29, 1.82) is 0 Å². The van der Waals surface area contributed by atoms with Crippen molar-refractivity contribution < 1.29 is 4.74 Å². The van der Waals surface area contributed by atoms with Crippen LogP contribution in [0.4, 0.5) is 0 Å². The molecule has 1 saturated carbocycles. The number of hydrogen-bond donors (Lipinski definition) is 0. The van der Waals surface area contributed by atoms with E-state index < -0.39 is 0 Å². The Balaban J connectivity index is 2.29. The van der Waals surface area contributed by atoms with Gasteiger partial charge in [0.25, 0.3) is 0 Å². The van der Waals surface area contributed by atoms with Crippen LogP contribution in [0.2, 0.25) is 0 Å². The lowest BCUT2D eigenvalue weighted by molar-refractivity contribution is 0.0710. The Labute approximate surface area is 79.3 Å². The van der Waals surface area contributed by atoms with E-state index in [0.29, 0.717) is 0 Å². The molecule has 1 aliphatic carbocycles. The lowest BCUT2D eigenvalue weighted by Crippen LogP contribution is -2.13. The van der Waals surface area contributed by atoms with Gasteiger partial charge in [0.05, 0.1) is 4.47 Å². The Hall–Kier alpha value is -0.480. The first-order valence-electron chi connectivity index (χ1n) is 3.80. The first-order chi connectivity index (χ1) is 5.77. The quantitative estimate of drug-likeness (QED) is 0.776. The van der Waals surface area contributed by atoms with Crippen molar-refractivity contribution in [3.05, 3.63) is 22.7 Å². The summed E-state index contributed by atoms with van der Waals surface area (Å²) < 4.78 is 6.24. The number of ether oxygens (including phenoxy) is 1. The SMILES string of the molecule is COC1(c2ncc(Br)cn2)CC1. The van der Waals surface area contributed by atoms with Crippen LogP contribution in [-0.2, 0) is 10.3 Å². The van der Waals surface area contributed by atoms with E-state index in [-0.39, 0.29) is 5.60 Å². The number of methoxy groups -OCH3 is 1. The van der Waals surface area contributed by atoms with Gasteiger partial charge in [0.15, 0.2) is 5.82 Å². The van der Waals surface area contributed by atoms with E-state index in [2.05, 4.69) is 25.9 Å². The maximum Gasteiger partial charge on any atom is 0.160 e. The second kappa shape index (κ2) is 2.78. The van der Waals surface area contributed by atoms with Gasteiger partial charge in [-0.1, -0.05) is 0 Å². The third-order valence-electron chi connectivity index (χ3n) is 2.12. The summed E-state index contributed by atoms with van der Waals surface area (Å²) in [4.78, 5) is 8.40. The standard InChI is InChI=1S/C8H9BrN2O/c1-12-8(2-3-8)7-10-4-6(9)5-11-7/h4-5H,2-3H2,1H3. The van der Waals surface area contributed by atoms with Gasteiger partial charge in [0.2, 0.25) is 0 Å². The maximum atomic E-state index is 5.33. The average Bonchev–Trinajstić information content (AvgIpc) is 2.86. The van der Waals surface area contributed by atoms with Crippen LogP contribution in [0.1, 0.15) is 18.7 Å². The summed E-state index contributed by atoms with van der Waals surface area (Å²) in [5, 5.41) is 0. The van der Waals surface area contributed by atoms with Gasteiger partial charge in [0.1, 0.15) is 5.60 Å². The number of aromatic nitrogens is 2. The number of nitrogens with zero attached hydrogens (tertiary/aromatic N) is 2. The Morgan fingerprint density at radius 1 is 1.42 bits per heavy atom. The molecule has 0 aromatic carbocycles. The van der Waals surface area contributed by atoms with Gasteiger partial charge in [-0.25, -0.2) is 9.97 Å². The Kier molecular flexibility index (Phi) is 1.88. The molecule has 1 aromatic heterocycles. The summed E-state index contributed by atoms with van der Waals surface area (Å²) in [6.07, 6.45) is 5.57. The molecule has 0 aliphatic heterocycles. The summed E-state index contributed by atoms with van der Waals surface area (Å²) >= 11 is 3.29. The lowest BCUT2D eigenvalue weighted by Gasteiger charge is -2.10. The highest BCUT2D eigenvalue weighted by atomic mass is 79.9. The van der Waals surface area contributed by atoms with Crippen molar-refractivity contribution in [2.45, 2.75) is 18.4 Å². The van der Waals surface area contributed by atoms with E-state index in [0.717, 1.165) is 23.1 Å². The molecule has 12 heavy (non-hydrogen) atoms. The van der Waals surface area contributed by atoms with Crippen LogP contribution >= 0.6 is 15.9 Å². The van der Waals surface area contributed by atoms with Gasteiger partial charge < -0.3 is 4.74 Å². The van der Waals surface area contributed by atoms with Crippen LogP contribution in [0.5, 0.6) is 0 Å². The average molecular weight is 229 g/mol. The molecule has 0 unspecified atom stereocenters. The molecule has 0 atom stereocenters. The molecule has 0 radical (unpaired) electrons. The third-order valence-corrected chi connectivity index (χ3v) is 2.53. The van der Waals surface area contributed by atoms with Gasteiger partial charge in [0, 0.05) is 19.5 Å². The van der Waals surface area contributed by atoms with Gasteiger partial charge >= 0.3 is 0 Å². The van der Waals surface area contributed by atoms with Crippen LogP contribution in [0.3, 0.4) is 0 Å². The largest absolute Gasteiger partial charge is 0.370 e. The Bertz CT molecular complexity index is 282. The second-order valence-electron chi connectivity index (χ2n) is 2.92.